The molecule has 1 amide bonds. The van der Waals surface area contributed by atoms with E-state index in [1.165, 1.54) is 6.07 Å². The third kappa shape index (κ3) is 6.01. The molecule has 0 atom stereocenters. The minimum atomic E-state index is -4.53. The number of aromatic nitrogens is 2. The van der Waals surface area contributed by atoms with E-state index in [1.54, 1.807) is 29.5 Å². The molecule has 1 saturated carbocycles. The monoisotopic (exact) mass is 496 g/mol. The SMILES string of the molecule is NCc1cc(-c2cc(C(=O)NCc3csc(C4CC4)n3)ncc2OCC(F)(F)F)ccc1Cl. The molecule has 1 aliphatic carbocycles. The lowest BCUT2D eigenvalue weighted by Gasteiger charge is -2.15. The van der Waals surface area contributed by atoms with Crippen molar-refractivity contribution in [1.82, 2.24) is 15.3 Å². The van der Waals surface area contributed by atoms with E-state index in [0.717, 1.165) is 29.7 Å². The number of halogens is 4. The van der Waals surface area contributed by atoms with Crippen LogP contribution in [0.5, 0.6) is 5.75 Å². The molecule has 1 aliphatic rings. The molecule has 3 aromatic rings. The smallest absolute Gasteiger partial charge is 0.422 e. The molecule has 3 N–H and O–H groups in total. The maximum absolute atomic E-state index is 12.7. The number of carbonyl (C=O) groups is 1. The van der Waals surface area contributed by atoms with Crippen LogP contribution in [-0.2, 0) is 13.1 Å². The summed E-state index contributed by atoms with van der Waals surface area (Å²) >= 11 is 7.68. The minimum absolute atomic E-state index is 0.0336. The first-order valence-corrected chi connectivity index (χ1v) is 11.4. The summed E-state index contributed by atoms with van der Waals surface area (Å²) < 4.78 is 43.1. The first kappa shape index (κ1) is 23.5. The highest BCUT2D eigenvalue weighted by Crippen LogP contribution is 2.41. The Bertz CT molecular complexity index is 1160. The number of amides is 1. The second-order valence-corrected chi connectivity index (χ2v) is 8.91. The molecular weight excluding hydrogens is 477 g/mol. The molecule has 6 nitrogen and oxygen atoms in total. The van der Waals surface area contributed by atoms with Crippen molar-refractivity contribution >= 4 is 28.8 Å². The average molecular weight is 497 g/mol. The van der Waals surface area contributed by atoms with Crippen molar-refractivity contribution < 1.29 is 22.7 Å². The zero-order chi connectivity index (χ0) is 23.6. The standard InChI is InChI=1S/C22H20ClF3N4O2S/c23-17-4-3-13(5-14(17)7-27)16-6-18(28-9-19(16)32-11-22(24,25)26)20(31)29-8-15-10-33-21(30-15)12-1-2-12/h3-6,9-10,12H,1-2,7-8,11,27H2,(H,29,31). The van der Waals surface area contributed by atoms with Gasteiger partial charge >= 0.3 is 6.18 Å². The lowest BCUT2D eigenvalue weighted by atomic mass is 10.0. The third-order valence-corrected chi connectivity index (χ3v) is 6.42. The second-order valence-electron chi connectivity index (χ2n) is 7.61. The molecular formula is C22H20ClF3N4O2S. The molecule has 1 aromatic carbocycles. The van der Waals surface area contributed by atoms with Crippen molar-refractivity contribution in [3.63, 3.8) is 0 Å². The number of nitrogens with one attached hydrogen (secondary N) is 1. The Morgan fingerprint density at radius 2 is 2.09 bits per heavy atom. The van der Waals surface area contributed by atoms with Crippen molar-refractivity contribution in [2.75, 3.05) is 6.61 Å². The molecule has 0 unspecified atom stereocenters. The van der Waals surface area contributed by atoms with Gasteiger partial charge in [-0.2, -0.15) is 13.2 Å². The number of hydrogen-bond acceptors (Lipinski definition) is 6. The lowest BCUT2D eigenvalue weighted by molar-refractivity contribution is -0.153. The van der Waals surface area contributed by atoms with Crippen molar-refractivity contribution in [3.8, 4) is 16.9 Å². The number of carbonyl (C=O) groups excluding carboxylic acids is 1. The predicted molar refractivity (Wildman–Crippen MR) is 119 cm³/mol. The highest BCUT2D eigenvalue weighted by molar-refractivity contribution is 7.09. The average Bonchev–Trinajstić information content (AvgIpc) is 3.53. The van der Waals surface area contributed by atoms with Gasteiger partial charge < -0.3 is 15.8 Å². The molecule has 2 aromatic heterocycles. The van der Waals surface area contributed by atoms with Gasteiger partial charge in [-0.05, 0) is 42.2 Å². The summed E-state index contributed by atoms with van der Waals surface area (Å²) in [5.74, 6) is -0.0546. The number of hydrogen-bond donors (Lipinski definition) is 2. The normalized spacial score (nSPS) is 13.7. The molecule has 33 heavy (non-hydrogen) atoms. The Labute approximate surface area is 197 Å². The van der Waals surface area contributed by atoms with E-state index in [2.05, 4.69) is 15.3 Å². The van der Waals surface area contributed by atoms with Crippen LogP contribution in [0.25, 0.3) is 11.1 Å². The van der Waals surface area contributed by atoms with Gasteiger partial charge in [0.25, 0.3) is 5.91 Å². The fourth-order valence-electron chi connectivity index (χ4n) is 3.15. The molecule has 1 fully saturated rings. The van der Waals surface area contributed by atoms with Gasteiger partial charge in [-0.1, -0.05) is 17.7 Å². The van der Waals surface area contributed by atoms with Crippen LogP contribution in [0.4, 0.5) is 13.2 Å². The fraction of sp³-hybridized carbons (Fsp3) is 0.318. The van der Waals surface area contributed by atoms with Gasteiger partial charge in [0.05, 0.1) is 23.4 Å². The quantitative estimate of drug-likeness (QED) is 0.454. The predicted octanol–water partition coefficient (Wildman–Crippen LogP) is 5.07. The van der Waals surface area contributed by atoms with Gasteiger partial charge in [0.15, 0.2) is 6.61 Å². The number of pyridine rings is 1. The van der Waals surface area contributed by atoms with E-state index in [4.69, 9.17) is 22.1 Å². The van der Waals surface area contributed by atoms with E-state index in [1.807, 2.05) is 5.38 Å². The summed E-state index contributed by atoms with van der Waals surface area (Å²) in [6.45, 7) is -1.12. The Kier molecular flexibility index (Phi) is 6.87. The summed E-state index contributed by atoms with van der Waals surface area (Å²) in [7, 11) is 0. The number of nitrogens with two attached hydrogens (primary N) is 1. The zero-order valence-electron chi connectivity index (χ0n) is 17.3. The maximum Gasteiger partial charge on any atom is 0.422 e. The minimum Gasteiger partial charge on any atom is -0.482 e. The molecule has 0 spiro atoms. The molecule has 11 heteroatoms. The van der Waals surface area contributed by atoms with Gasteiger partial charge in [-0.3, -0.25) is 4.79 Å². The van der Waals surface area contributed by atoms with E-state index < -0.39 is 18.7 Å². The number of nitrogens with zero attached hydrogens (tertiary/aromatic N) is 2. The van der Waals surface area contributed by atoms with E-state index in [9.17, 15) is 18.0 Å². The summed E-state index contributed by atoms with van der Waals surface area (Å²) in [4.78, 5) is 21.2. The number of rotatable bonds is 8. The van der Waals surface area contributed by atoms with Crippen LogP contribution in [-0.4, -0.2) is 28.7 Å². The van der Waals surface area contributed by atoms with Crippen LogP contribution in [0.3, 0.4) is 0 Å². The van der Waals surface area contributed by atoms with Crippen molar-refractivity contribution in [1.29, 1.82) is 0 Å². The van der Waals surface area contributed by atoms with Gasteiger partial charge in [0.2, 0.25) is 0 Å². The van der Waals surface area contributed by atoms with Crippen molar-refractivity contribution in [2.24, 2.45) is 5.73 Å². The van der Waals surface area contributed by atoms with Crippen LogP contribution < -0.4 is 15.8 Å². The highest BCUT2D eigenvalue weighted by Gasteiger charge is 2.29. The van der Waals surface area contributed by atoms with Gasteiger partial charge in [-0.25, -0.2) is 9.97 Å². The lowest BCUT2D eigenvalue weighted by Crippen LogP contribution is -2.24. The molecule has 0 radical (unpaired) electrons. The molecule has 2 heterocycles. The summed E-state index contributed by atoms with van der Waals surface area (Å²) in [5, 5.41) is 6.16. The summed E-state index contributed by atoms with van der Waals surface area (Å²) in [6.07, 6.45) is -1.12. The Morgan fingerprint density at radius 3 is 2.79 bits per heavy atom. The number of ether oxygens (including phenoxy) is 1. The zero-order valence-corrected chi connectivity index (χ0v) is 18.9. The topological polar surface area (TPSA) is 90.1 Å². The van der Waals surface area contributed by atoms with Crippen LogP contribution in [0.15, 0.2) is 35.8 Å². The third-order valence-electron chi connectivity index (χ3n) is 4.99. The maximum atomic E-state index is 12.7. The van der Waals surface area contributed by atoms with E-state index in [0.29, 0.717) is 22.1 Å². The molecule has 0 bridgehead atoms. The molecule has 0 aliphatic heterocycles. The number of thiazole rings is 1. The van der Waals surface area contributed by atoms with Crippen LogP contribution in [0.1, 0.15) is 45.5 Å². The Balaban J connectivity index is 1.57. The van der Waals surface area contributed by atoms with E-state index >= 15 is 0 Å². The van der Waals surface area contributed by atoms with Crippen LogP contribution in [0.2, 0.25) is 5.02 Å². The summed E-state index contributed by atoms with van der Waals surface area (Å²) in [5.41, 5.74) is 7.87. The van der Waals surface area contributed by atoms with Gasteiger partial charge in [0.1, 0.15) is 11.4 Å². The number of benzene rings is 1. The van der Waals surface area contributed by atoms with Gasteiger partial charge in [-0.15, -0.1) is 11.3 Å². The van der Waals surface area contributed by atoms with Crippen LogP contribution in [0, 0.1) is 0 Å². The Morgan fingerprint density at radius 1 is 1.30 bits per heavy atom. The van der Waals surface area contributed by atoms with E-state index in [-0.39, 0.29) is 30.1 Å². The fourth-order valence-corrected chi connectivity index (χ4v) is 4.33. The van der Waals surface area contributed by atoms with Crippen LogP contribution >= 0.6 is 22.9 Å². The second kappa shape index (κ2) is 9.66. The molecule has 0 saturated heterocycles. The first-order chi connectivity index (χ1) is 15.7. The first-order valence-electron chi connectivity index (χ1n) is 10.1. The largest absolute Gasteiger partial charge is 0.482 e. The Hall–Kier alpha value is -2.69. The highest BCUT2D eigenvalue weighted by atomic mass is 35.5. The van der Waals surface area contributed by atoms with Crippen molar-refractivity contribution in [2.45, 2.75) is 38.0 Å². The van der Waals surface area contributed by atoms with Crippen molar-refractivity contribution in [3.05, 3.63) is 62.8 Å². The number of alkyl halides is 3. The summed E-state index contributed by atoms with van der Waals surface area (Å²) in [6, 6.07) is 6.25. The molecule has 174 valence electrons. The van der Waals surface area contributed by atoms with Gasteiger partial charge in [0, 0.05) is 28.4 Å². The molecule has 4 rings (SSSR count).